The van der Waals surface area contributed by atoms with Crippen LogP contribution in [0.4, 0.5) is 5.69 Å². The van der Waals surface area contributed by atoms with Gasteiger partial charge in [0.15, 0.2) is 0 Å². The van der Waals surface area contributed by atoms with Crippen LogP contribution in [-0.2, 0) is 5.75 Å². The maximum Gasteiger partial charge on any atom is 0.256 e. The molecule has 0 radical (unpaired) electrons. The minimum atomic E-state index is -0.152. The van der Waals surface area contributed by atoms with Gasteiger partial charge in [0.05, 0.1) is 16.9 Å². The largest absolute Gasteiger partial charge is 0.361 e. The number of rotatable bonds is 6. The van der Waals surface area contributed by atoms with Gasteiger partial charge >= 0.3 is 0 Å². The number of anilines is 1. The third kappa shape index (κ3) is 4.22. The summed E-state index contributed by atoms with van der Waals surface area (Å²) in [6.45, 7) is 3.82. The first kappa shape index (κ1) is 18.9. The van der Waals surface area contributed by atoms with E-state index in [4.69, 9.17) is 4.52 Å². The summed E-state index contributed by atoms with van der Waals surface area (Å²) < 4.78 is 6.88. The molecule has 0 unspecified atom stereocenters. The first-order valence-corrected chi connectivity index (χ1v) is 10.0. The van der Waals surface area contributed by atoms with Gasteiger partial charge in [0.1, 0.15) is 18.4 Å². The fourth-order valence-corrected chi connectivity index (χ4v) is 4.08. The Morgan fingerprint density at radius 3 is 2.62 bits per heavy atom. The van der Waals surface area contributed by atoms with Crippen molar-refractivity contribution in [3.05, 3.63) is 83.8 Å². The van der Waals surface area contributed by atoms with Gasteiger partial charge < -0.3 is 9.84 Å². The van der Waals surface area contributed by atoms with E-state index < -0.39 is 0 Å². The summed E-state index contributed by atoms with van der Waals surface area (Å²) in [7, 11) is 0. The fourth-order valence-electron chi connectivity index (χ4n) is 2.88. The van der Waals surface area contributed by atoms with Crippen molar-refractivity contribution in [3.8, 4) is 5.69 Å². The third-order valence-corrected chi connectivity index (χ3v) is 5.59. The quantitative estimate of drug-likeness (QED) is 0.478. The fraction of sp³-hybridized carbons (Fsp3) is 0.143. The van der Waals surface area contributed by atoms with Crippen LogP contribution in [0.2, 0.25) is 0 Å². The molecule has 0 aliphatic heterocycles. The minimum absolute atomic E-state index is 0.152. The Morgan fingerprint density at radius 2 is 1.93 bits per heavy atom. The van der Waals surface area contributed by atoms with Gasteiger partial charge in [0.2, 0.25) is 0 Å². The zero-order valence-electron chi connectivity index (χ0n) is 16.0. The predicted octanol–water partition coefficient (Wildman–Crippen LogP) is 4.42. The molecule has 7 nitrogen and oxygen atoms in total. The number of hydrogen-bond donors (Lipinski definition) is 1. The highest BCUT2D eigenvalue weighted by Gasteiger charge is 2.14. The molecule has 0 bridgehead atoms. The monoisotopic (exact) mass is 405 g/mol. The average molecular weight is 405 g/mol. The zero-order valence-corrected chi connectivity index (χ0v) is 16.8. The van der Waals surface area contributed by atoms with Gasteiger partial charge in [0, 0.05) is 21.9 Å². The number of nitrogens with one attached hydrogen (secondary N) is 1. The van der Waals surface area contributed by atoms with Crippen molar-refractivity contribution < 1.29 is 9.32 Å². The number of carbonyl (C=O) groups is 1. The second kappa shape index (κ2) is 8.32. The smallest absolute Gasteiger partial charge is 0.256 e. The number of nitrogens with zero attached hydrogens (tertiary/aromatic N) is 4. The SMILES string of the molecule is Cc1noc(C)c1CSc1ccccc1C(=O)Nc1ccc(-n2cncn2)cc1. The lowest BCUT2D eigenvalue weighted by Crippen LogP contribution is -2.13. The molecule has 2 aromatic heterocycles. The summed E-state index contributed by atoms with van der Waals surface area (Å²) >= 11 is 1.59. The molecule has 1 N–H and O–H groups in total. The van der Waals surface area contributed by atoms with Crippen molar-refractivity contribution >= 4 is 23.4 Å². The highest BCUT2D eigenvalue weighted by Crippen LogP contribution is 2.29. The summed E-state index contributed by atoms with van der Waals surface area (Å²) in [6, 6.07) is 15.0. The highest BCUT2D eigenvalue weighted by molar-refractivity contribution is 7.98. The number of aromatic nitrogens is 4. The Kier molecular flexibility index (Phi) is 5.44. The Hall–Kier alpha value is -3.39. The predicted molar refractivity (Wildman–Crippen MR) is 111 cm³/mol. The Balaban J connectivity index is 1.47. The summed E-state index contributed by atoms with van der Waals surface area (Å²) in [4.78, 5) is 17.7. The molecule has 0 spiro atoms. The maximum absolute atomic E-state index is 12.9. The van der Waals surface area contributed by atoms with E-state index in [-0.39, 0.29) is 5.91 Å². The van der Waals surface area contributed by atoms with Crippen LogP contribution in [0.15, 0.2) is 70.6 Å². The van der Waals surface area contributed by atoms with Gasteiger partial charge in [-0.3, -0.25) is 4.79 Å². The van der Waals surface area contributed by atoms with Crippen molar-refractivity contribution in [2.24, 2.45) is 0 Å². The molecule has 0 saturated carbocycles. The molecule has 146 valence electrons. The Labute approximate surface area is 172 Å². The highest BCUT2D eigenvalue weighted by atomic mass is 32.2. The van der Waals surface area contributed by atoms with Crippen LogP contribution in [0.1, 0.15) is 27.4 Å². The molecule has 0 saturated heterocycles. The Morgan fingerprint density at radius 1 is 1.14 bits per heavy atom. The van der Waals surface area contributed by atoms with E-state index in [1.807, 2.05) is 62.4 Å². The van der Waals surface area contributed by atoms with E-state index in [1.165, 1.54) is 6.33 Å². The maximum atomic E-state index is 12.9. The lowest BCUT2D eigenvalue weighted by Gasteiger charge is -2.10. The summed E-state index contributed by atoms with van der Waals surface area (Å²) in [6.07, 6.45) is 3.10. The van der Waals surface area contributed by atoms with Crippen LogP contribution < -0.4 is 5.32 Å². The summed E-state index contributed by atoms with van der Waals surface area (Å²) in [5, 5.41) is 11.0. The van der Waals surface area contributed by atoms with Gasteiger partial charge in [-0.05, 0) is 50.2 Å². The molecular weight excluding hydrogens is 386 g/mol. The second-order valence-electron chi connectivity index (χ2n) is 6.43. The molecule has 4 rings (SSSR count). The molecule has 1 amide bonds. The van der Waals surface area contributed by atoms with Crippen LogP contribution in [0.5, 0.6) is 0 Å². The van der Waals surface area contributed by atoms with Gasteiger partial charge in [0.25, 0.3) is 5.91 Å². The van der Waals surface area contributed by atoms with Crippen molar-refractivity contribution in [2.75, 3.05) is 5.32 Å². The molecule has 2 heterocycles. The van der Waals surface area contributed by atoms with Crippen molar-refractivity contribution in [2.45, 2.75) is 24.5 Å². The van der Waals surface area contributed by atoms with Crippen LogP contribution in [-0.4, -0.2) is 25.8 Å². The molecule has 2 aromatic carbocycles. The van der Waals surface area contributed by atoms with Crippen LogP contribution >= 0.6 is 11.8 Å². The number of amides is 1. The molecule has 0 aliphatic carbocycles. The van der Waals surface area contributed by atoms with E-state index in [9.17, 15) is 4.79 Å². The molecule has 0 aliphatic rings. The first-order valence-electron chi connectivity index (χ1n) is 9.02. The molecule has 8 heteroatoms. The van der Waals surface area contributed by atoms with Crippen molar-refractivity contribution in [1.29, 1.82) is 0 Å². The van der Waals surface area contributed by atoms with E-state index in [2.05, 4.69) is 20.6 Å². The Bertz CT molecular complexity index is 1100. The average Bonchev–Trinajstić information content (AvgIpc) is 3.38. The van der Waals surface area contributed by atoms with E-state index in [1.54, 1.807) is 22.8 Å². The minimum Gasteiger partial charge on any atom is -0.361 e. The number of carbonyl (C=O) groups excluding carboxylic acids is 1. The number of benzene rings is 2. The molecule has 0 atom stereocenters. The molecular formula is C21H19N5O2S. The van der Waals surface area contributed by atoms with Gasteiger partial charge in [-0.1, -0.05) is 17.3 Å². The summed E-state index contributed by atoms with van der Waals surface area (Å²) in [5.41, 5.74) is 4.16. The summed E-state index contributed by atoms with van der Waals surface area (Å²) in [5.74, 6) is 1.35. The van der Waals surface area contributed by atoms with Gasteiger partial charge in [-0.15, -0.1) is 11.8 Å². The van der Waals surface area contributed by atoms with E-state index in [0.29, 0.717) is 17.0 Å². The van der Waals surface area contributed by atoms with Crippen molar-refractivity contribution in [3.63, 3.8) is 0 Å². The van der Waals surface area contributed by atoms with Gasteiger partial charge in [-0.2, -0.15) is 5.10 Å². The molecule has 29 heavy (non-hydrogen) atoms. The van der Waals surface area contributed by atoms with Gasteiger partial charge in [-0.25, -0.2) is 9.67 Å². The molecule has 0 fully saturated rings. The number of aryl methyl sites for hydroxylation is 2. The van der Waals surface area contributed by atoms with Crippen LogP contribution in [0.3, 0.4) is 0 Å². The normalized spacial score (nSPS) is 10.8. The third-order valence-electron chi connectivity index (χ3n) is 4.49. The first-order chi connectivity index (χ1) is 14.1. The molecule has 4 aromatic rings. The van der Waals surface area contributed by atoms with E-state index in [0.717, 1.165) is 27.6 Å². The van der Waals surface area contributed by atoms with Crippen molar-refractivity contribution in [1.82, 2.24) is 19.9 Å². The van der Waals surface area contributed by atoms with Crippen LogP contribution in [0.25, 0.3) is 5.69 Å². The topological polar surface area (TPSA) is 85.8 Å². The standard InChI is InChI=1S/C21H19N5O2S/c1-14-19(15(2)28-25-14)11-29-20-6-4-3-5-18(20)21(27)24-16-7-9-17(10-8-16)26-13-22-12-23-26/h3-10,12-13H,11H2,1-2H3,(H,24,27). The zero-order chi connectivity index (χ0) is 20.2. The number of hydrogen-bond acceptors (Lipinski definition) is 6. The second-order valence-corrected chi connectivity index (χ2v) is 7.45. The lowest BCUT2D eigenvalue weighted by atomic mass is 10.2. The van der Waals surface area contributed by atoms with E-state index >= 15 is 0 Å². The lowest BCUT2D eigenvalue weighted by molar-refractivity contribution is 0.102. The number of thioether (sulfide) groups is 1. The van der Waals surface area contributed by atoms with Crippen LogP contribution in [0, 0.1) is 13.8 Å².